The predicted molar refractivity (Wildman–Crippen MR) is 110 cm³/mol. The van der Waals surface area contributed by atoms with E-state index in [4.69, 9.17) is 11.1 Å². The van der Waals surface area contributed by atoms with Crippen molar-refractivity contribution >= 4 is 29.0 Å². The number of likely N-dealkylation sites (N-methyl/N-ethyl adjacent to an activating group) is 1. The van der Waals surface area contributed by atoms with Crippen molar-refractivity contribution in [1.29, 1.82) is 5.41 Å². The average Bonchev–Trinajstić information content (AvgIpc) is 3.04. The van der Waals surface area contributed by atoms with Crippen LogP contribution >= 0.6 is 11.8 Å². The Morgan fingerprint density at radius 3 is 2.58 bits per heavy atom. The van der Waals surface area contributed by atoms with Crippen molar-refractivity contribution in [2.24, 2.45) is 5.73 Å². The number of para-hydroxylation sites is 1. The van der Waals surface area contributed by atoms with Crippen LogP contribution < -0.4 is 10.6 Å². The maximum atomic E-state index is 7.83. The number of nitrogen functional groups attached to an aromatic ring is 1. The quantitative estimate of drug-likeness (QED) is 0.484. The van der Waals surface area contributed by atoms with E-state index in [9.17, 15) is 0 Å². The number of nitrogens with zero attached hydrogens (tertiary/aromatic N) is 2. The molecule has 5 heteroatoms. The summed E-state index contributed by atoms with van der Waals surface area (Å²) in [5.74, 6) is 0.128. The van der Waals surface area contributed by atoms with E-state index in [1.54, 1.807) is 0 Å². The molecule has 2 heterocycles. The SMILES string of the molecule is CC(C[N+]1(C)CCCC1)N1c2ccccc2Sc2ccc(C(=N)N)cc21. The second-order valence-electron chi connectivity index (χ2n) is 7.84. The van der Waals surface area contributed by atoms with Crippen molar-refractivity contribution in [2.45, 2.75) is 35.6 Å². The molecule has 4 rings (SSSR count). The van der Waals surface area contributed by atoms with E-state index in [-0.39, 0.29) is 5.84 Å². The lowest BCUT2D eigenvalue weighted by Crippen LogP contribution is -2.50. The number of fused-ring (bicyclic) bond motifs is 2. The van der Waals surface area contributed by atoms with Crippen molar-refractivity contribution in [3.8, 4) is 0 Å². The zero-order valence-corrected chi connectivity index (χ0v) is 16.4. The van der Waals surface area contributed by atoms with E-state index in [2.05, 4.69) is 55.3 Å². The number of rotatable bonds is 4. The minimum Gasteiger partial charge on any atom is -0.384 e. The minimum atomic E-state index is 0.128. The summed E-state index contributed by atoms with van der Waals surface area (Å²) >= 11 is 1.81. The molecule has 2 aromatic carbocycles. The van der Waals surface area contributed by atoms with Crippen molar-refractivity contribution in [1.82, 2.24) is 0 Å². The lowest BCUT2D eigenvalue weighted by molar-refractivity contribution is -0.898. The van der Waals surface area contributed by atoms with Crippen molar-refractivity contribution in [3.05, 3.63) is 48.0 Å². The average molecular weight is 368 g/mol. The van der Waals surface area contributed by atoms with Gasteiger partial charge < -0.3 is 15.1 Å². The Morgan fingerprint density at radius 2 is 1.85 bits per heavy atom. The van der Waals surface area contributed by atoms with E-state index < -0.39 is 0 Å². The van der Waals surface area contributed by atoms with Crippen molar-refractivity contribution in [2.75, 3.05) is 31.6 Å². The number of quaternary nitrogens is 1. The van der Waals surface area contributed by atoms with Gasteiger partial charge in [0.25, 0.3) is 0 Å². The molecule has 0 saturated carbocycles. The molecule has 1 atom stereocenters. The number of nitrogens with one attached hydrogen (secondary N) is 1. The highest BCUT2D eigenvalue weighted by atomic mass is 32.2. The molecule has 2 aromatic rings. The van der Waals surface area contributed by atoms with Crippen LogP contribution in [0, 0.1) is 5.41 Å². The summed E-state index contributed by atoms with van der Waals surface area (Å²) in [4.78, 5) is 5.01. The third-order valence-electron chi connectivity index (χ3n) is 5.67. The Balaban J connectivity index is 1.76. The Kier molecular flexibility index (Phi) is 4.45. The van der Waals surface area contributed by atoms with Crippen LogP contribution in [0.15, 0.2) is 52.3 Å². The summed E-state index contributed by atoms with van der Waals surface area (Å²) in [5.41, 5.74) is 9.01. The lowest BCUT2D eigenvalue weighted by atomic mass is 10.1. The van der Waals surface area contributed by atoms with Crippen molar-refractivity contribution in [3.63, 3.8) is 0 Å². The van der Waals surface area contributed by atoms with Gasteiger partial charge in [-0.1, -0.05) is 30.0 Å². The summed E-state index contributed by atoms with van der Waals surface area (Å²) in [6, 6.07) is 15.2. The number of nitrogens with two attached hydrogens (primary N) is 1. The van der Waals surface area contributed by atoms with Crippen LogP contribution in [0.25, 0.3) is 0 Å². The van der Waals surface area contributed by atoms with Gasteiger partial charge in [-0.2, -0.15) is 0 Å². The van der Waals surface area contributed by atoms with E-state index in [1.165, 1.54) is 47.1 Å². The van der Waals surface area contributed by atoms with Crippen LogP contribution in [-0.4, -0.2) is 43.0 Å². The number of likely N-dealkylation sites (tertiary alicyclic amines) is 1. The molecule has 1 saturated heterocycles. The first-order valence-electron chi connectivity index (χ1n) is 9.35. The van der Waals surface area contributed by atoms with Crippen LogP contribution in [0.4, 0.5) is 11.4 Å². The molecule has 4 nitrogen and oxygen atoms in total. The standard InChI is InChI=1S/C21H27N4S/c1-15(14-25(2)11-5-6-12-25)24-17-7-3-4-8-19(17)26-20-10-9-16(21(22)23)13-18(20)24/h3-4,7-10,13,15H,5-6,11-12,14H2,1-2H3,(H3,22,23)/q+1. The van der Waals surface area contributed by atoms with E-state index in [1.807, 2.05) is 17.8 Å². The van der Waals surface area contributed by atoms with Gasteiger partial charge in [0, 0.05) is 28.2 Å². The number of hydrogen-bond donors (Lipinski definition) is 2. The molecule has 0 radical (unpaired) electrons. The highest BCUT2D eigenvalue weighted by Gasteiger charge is 2.34. The highest BCUT2D eigenvalue weighted by Crippen LogP contribution is 2.49. The zero-order chi connectivity index (χ0) is 18.3. The summed E-state index contributed by atoms with van der Waals surface area (Å²) in [6.45, 7) is 6.01. The third kappa shape index (κ3) is 3.10. The Hall–Kier alpha value is -1.98. The molecule has 136 valence electrons. The first-order chi connectivity index (χ1) is 12.5. The summed E-state index contributed by atoms with van der Waals surface area (Å²) in [5, 5.41) is 7.83. The van der Waals surface area contributed by atoms with Crippen LogP contribution in [0.3, 0.4) is 0 Å². The van der Waals surface area contributed by atoms with Gasteiger partial charge in [0.1, 0.15) is 5.84 Å². The van der Waals surface area contributed by atoms with Gasteiger partial charge in [-0.15, -0.1) is 0 Å². The summed E-state index contributed by atoms with van der Waals surface area (Å²) in [6.07, 6.45) is 2.67. The van der Waals surface area contributed by atoms with Gasteiger partial charge in [-0.25, -0.2) is 0 Å². The van der Waals surface area contributed by atoms with Gasteiger partial charge in [0.2, 0.25) is 0 Å². The fourth-order valence-corrected chi connectivity index (χ4v) is 5.48. The molecule has 0 spiro atoms. The van der Waals surface area contributed by atoms with Crippen LogP contribution in [0.2, 0.25) is 0 Å². The number of amidine groups is 1. The molecule has 2 aliphatic rings. The Bertz CT molecular complexity index is 842. The number of anilines is 2. The van der Waals surface area contributed by atoms with Gasteiger partial charge in [0.05, 0.1) is 44.1 Å². The van der Waals surface area contributed by atoms with Gasteiger partial charge in [-0.05, 0) is 31.2 Å². The summed E-state index contributed by atoms with van der Waals surface area (Å²) < 4.78 is 1.15. The Morgan fingerprint density at radius 1 is 1.15 bits per heavy atom. The van der Waals surface area contributed by atoms with E-state index in [0.717, 1.165) is 16.6 Å². The topological polar surface area (TPSA) is 53.1 Å². The van der Waals surface area contributed by atoms with Gasteiger partial charge in [0.15, 0.2) is 0 Å². The molecule has 0 aromatic heterocycles. The second kappa shape index (κ2) is 6.63. The van der Waals surface area contributed by atoms with Gasteiger partial charge in [-0.3, -0.25) is 5.41 Å². The molecule has 1 unspecified atom stereocenters. The smallest absolute Gasteiger partial charge is 0.122 e. The van der Waals surface area contributed by atoms with Crippen LogP contribution in [0.1, 0.15) is 25.3 Å². The first-order valence-corrected chi connectivity index (χ1v) is 10.2. The molecular formula is C21H27N4S+. The highest BCUT2D eigenvalue weighted by molar-refractivity contribution is 7.99. The summed E-state index contributed by atoms with van der Waals surface area (Å²) in [7, 11) is 2.39. The largest absolute Gasteiger partial charge is 0.384 e. The lowest BCUT2D eigenvalue weighted by Gasteiger charge is -2.41. The normalized spacial score (nSPS) is 18.9. The molecular weight excluding hydrogens is 340 g/mol. The molecule has 3 N–H and O–H groups in total. The number of benzene rings is 2. The van der Waals surface area contributed by atoms with E-state index in [0.29, 0.717) is 6.04 Å². The maximum Gasteiger partial charge on any atom is 0.122 e. The van der Waals surface area contributed by atoms with Crippen LogP contribution in [0.5, 0.6) is 0 Å². The molecule has 0 aliphatic carbocycles. The fraction of sp³-hybridized carbons (Fsp3) is 0.381. The third-order valence-corrected chi connectivity index (χ3v) is 6.80. The van der Waals surface area contributed by atoms with Crippen LogP contribution in [-0.2, 0) is 0 Å². The molecule has 2 aliphatic heterocycles. The molecule has 0 amide bonds. The zero-order valence-electron chi connectivity index (χ0n) is 15.5. The minimum absolute atomic E-state index is 0.128. The maximum absolute atomic E-state index is 7.83. The fourth-order valence-electron chi connectivity index (χ4n) is 4.43. The first kappa shape index (κ1) is 17.4. The Labute approximate surface area is 160 Å². The second-order valence-corrected chi connectivity index (χ2v) is 8.93. The predicted octanol–water partition coefficient (Wildman–Crippen LogP) is 4.20. The van der Waals surface area contributed by atoms with E-state index >= 15 is 0 Å². The van der Waals surface area contributed by atoms with Gasteiger partial charge >= 0.3 is 0 Å². The number of hydrogen-bond acceptors (Lipinski definition) is 3. The molecule has 1 fully saturated rings. The molecule has 0 bridgehead atoms. The monoisotopic (exact) mass is 367 g/mol. The van der Waals surface area contributed by atoms with Crippen molar-refractivity contribution < 1.29 is 4.48 Å². The molecule has 26 heavy (non-hydrogen) atoms.